The van der Waals surface area contributed by atoms with Gasteiger partial charge >= 0.3 is 0 Å². The first kappa shape index (κ1) is 38.2. The molecule has 3 aliphatic rings. The highest BCUT2D eigenvalue weighted by molar-refractivity contribution is 7.33. The maximum atomic E-state index is 5.57. The fourth-order valence-electron chi connectivity index (χ4n) is 9.93. The van der Waals surface area contributed by atoms with E-state index in [1.54, 1.807) is 0 Å². The zero-order valence-corrected chi connectivity index (χ0v) is 36.9. The highest BCUT2D eigenvalue weighted by Crippen LogP contribution is 2.52. The van der Waals surface area contributed by atoms with Gasteiger partial charge in [0.1, 0.15) is 5.82 Å². The number of hydrogen-bond donors (Lipinski definition) is 0. The Hall–Kier alpha value is -4.35. The van der Waals surface area contributed by atoms with Crippen LogP contribution >= 0.6 is 11.3 Å². The van der Waals surface area contributed by atoms with Crippen molar-refractivity contribution in [2.24, 2.45) is 0 Å². The van der Waals surface area contributed by atoms with Gasteiger partial charge in [-0.1, -0.05) is 112 Å². The van der Waals surface area contributed by atoms with Crippen LogP contribution in [0.2, 0.25) is 0 Å². The second-order valence-corrected chi connectivity index (χ2v) is 20.7. The zero-order valence-electron chi connectivity index (χ0n) is 36.1. The summed E-state index contributed by atoms with van der Waals surface area (Å²) in [5.74, 6) is 1.06. The van der Waals surface area contributed by atoms with Crippen molar-refractivity contribution in [3.05, 3.63) is 118 Å². The summed E-state index contributed by atoms with van der Waals surface area (Å²) in [5.41, 5.74) is 17.5. The first-order valence-electron chi connectivity index (χ1n) is 21.8. The number of pyridine rings is 1. The van der Waals surface area contributed by atoms with E-state index in [0.29, 0.717) is 0 Å². The summed E-state index contributed by atoms with van der Waals surface area (Å²) in [6.45, 7) is 23.6. The molecular formula is C52H60BN3S. The summed E-state index contributed by atoms with van der Waals surface area (Å²) in [6, 6.07) is 33.8. The number of anilines is 6. The molecule has 5 heteroatoms. The Morgan fingerprint density at radius 3 is 1.95 bits per heavy atom. The fourth-order valence-corrected chi connectivity index (χ4v) is 11.3. The third kappa shape index (κ3) is 6.35. The number of fused-ring (bicyclic) bond motifs is 7. The third-order valence-corrected chi connectivity index (χ3v) is 14.7. The average molecular weight is 770 g/mol. The van der Waals surface area contributed by atoms with Crippen LogP contribution in [0.25, 0.3) is 10.1 Å². The molecule has 2 aromatic heterocycles. The molecular weight excluding hydrogens is 709 g/mol. The number of aryl methyl sites for hydroxylation is 3. The lowest BCUT2D eigenvalue weighted by atomic mass is 9.36. The van der Waals surface area contributed by atoms with Crippen molar-refractivity contribution in [3.8, 4) is 0 Å². The normalized spacial score (nSPS) is 16.4. The van der Waals surface area contributed by atoms with Gasteiger partial charge in [0, 0.05) is 43.3 Å². The predicted molar refractivity (Wildman–Crippen MR) is 250 cm³/mol. The second kappa shape index (κ2) is 13.9. The quantitative estimate of drug-likeness (QED) is 0.144. The summed E-state index contributed by atoms with van der Waals surface area (Å²) in [6.07, 6.45) is 9.42. The molecule has 0 saturated heterocycles. The Balaban J connectivity index is 1.35. The van der Waals surface area contributed by atoms with E-state index in [1.165, 1.54) is 121 Å². The van der Waals surface area contributed by atoms with E-state index in [0.717, 1.165) is 24.4 Å². The van der Waals surface area contributed by atoms with Gasteiger partial charge in [0.2, 0.25) is 0 Å². The number of benzene rings is 4. The van der Waals surface area contributed by atoms with E-state index < -0.39 is 0 Å². The molecule has 9 rings (SSSR count). The Bertz CT molecular complexity index is 2500. The molecule has 0 fully saturated rings. The predicted octanol–water partition coefficient (Wildman–Crippen LogP) is 13.0. The summed E-state index contributed by atoms with van der Waals surface area (Å²) in [5, 5.41) is 1.36. The molecule has 57 heavy (non-hydrogen) atoms. The molecule has 0 spiro atoms. The highest BCUT2D eigenvalue weighted by Gasteiger charge is 2.47. The topological polar surface area (TPSA) is 19.4 Å². The molecule has 0 saturated carbocycles. The van der Waals surface area contributed by atoms with Crippen molar-refractivity contribution in [2.45, 2.75) is 137 Å². The van der Waals surface area contributed by atoms with E-state index in [1.807, 2.05) is 11.3 Å². The van der Waals surface area contributed by atoms with Crippen molar-refractivity contribution < 1.29 is 0 Å². The van der Waals surface area contributed by atoms with Crippen LogP contribution in [-0.2, 0) is 29.1 Å². The van der Waals surface area contributed by atoms with Gasteiger partial charge in [-0.05, 0) is 149 Å². The number of hydrogen-bond acceptors (Lipinski definition) is 4. The van der Waals surface area contributed by atoms with Crippen LogP contribution in [0.4, 0.5) is 34.3 Å². The number of nitrogens with zero attached hydrogens (tertiary/aromatic N) is 3. The lowest BCUT2D eigenvalue weighted by Crippen LogP contribution is -2.60. The van der Waals surface area contributed by atoms with Gasteiger partial charge < -0.3 is 4.90 Å². The SMILES string of the molecule is CCCCc1ccc(N2c3cc(CCCC)ccc3B3c4sc5cc6c(cc5c4N(c4ccc(C(C)(C)C)cc4)c4nc(C)cc2c43)C(C)(C)CCC6(C)C)cc1. The van der Waals surface area contributed by atoms with Crippen LogP contribution in [0, 0.1) is 6.92 Å². The van der Waals surface area contributed by atoms with Gasteiger partial charge in [-0.3, -0.25) is 4.90 Å². The molecule has 4 aromatic carbocycles. The monoisotopic (exact) mass is 769 g/mol. The van der Waals surface area contributed by atoms with Gasteiger partial charge in [0.15, 0.2) is 0 Å². The van der Waals surface area contributed by atoms with Crippen molar-refractivity contribution in [1.82, 2.24) is 4.98 Å². The van der Waals surface area contributed by atoms with Crippen LogP contribution < -0.4 is 25.5 Å². The smallest absolute Gasteiger partial charge is 0.266 e. The van der Waals surface area contributed by atoms with Crippen LogP contribution in [0.15, 0.2) is 84.9 Å². The van der Waals surface area contributed by atoms with Crippen LogP contribution in [0.5, 0.6) is 0 Å². The second-order valence-electron chi connectivity index (χ2n) is 19.7. The van der Waals surface area contributed by atoms with E-state index >= 15 is 0 Å². The summed E-state index contributed by atoms with van der Waals surface area (Å²) < 4.78 is 2.82. The average Bonchev–Trinajstić information content (AvgIpc) is 3.55. The summed E-state index contributed by atoms with van der Waals surface area (Å²) in [7, 11) is 0. The standard InChI is InChI=1S/C52H60BN3S/c1-11-13-15-34-17-22-37(23-18-34)55-43-30-35(16-14-12-2)19-26-42(43)53-46-44(55)29-33(3)54-49(46)56(38-24-20-36(21-25-38)50(4,5)6)47-39-31-40-41(32-45(39)57-48(47)53)52(9,10)28-27-51(40,7)8/h17-26,29-32H,11-16,27-28H2,1-10H3. The maximum Gasteiger partial charge on any atom is 0.266 e. The van der Waals surface area contributed by atoms with Crippen molar-refractivity contribution in [2.75, 3.05) is 9.80 Å². The highest BCUT2D eigenvalue weighted by atomic mass is 32.1. The maximum absolute atomic E-state index is 5.57. The van der Waals surface area contributed by atoms with Gasteiger partial charge in [-0.2, -0.15) is 0 Å². The molecule has 0 amide bonds. The minimum atomic E-state index is 0.0657. The van der Waals surface area contributed by atoms with Gasteiger partial charge in [0.05, 0.1) is 5.69 Å². The molecule has 1 aliphatic carbocycles. The lowest BCUT2D eigenvalue weighted by Gasteiger charge is -2.43. The number of unbranched alkanes of at least 4 members (excludes halogenated alkanes) is 2. The summed E-state index contributed by atoms with van der Waals surface area (Å²) >= 11 is 2.02. The minimum absolute atomic E-state index is 0.0657. The number of aromatic nitrogens is 1. The van der Waals surface area contributed by atoms with E-state index in [2.05, 4.69) is 164 Å². The largest absolute Gasteiger partial charge is 0.311 e. The van der Waals surface area contributed by atoms with E-state index in [-0.39, 0.29) is 23.0 Å². The minimum Gasteiger partial charge on any atom is -0.311 e. The van der Waals surface area contributed by atoms with Crippen LogP contribution in [0.1, 0.15) is 134 Å². The Morgan fingerprint density at radius 1 is 0.702 bits per heavy atom. The first-order chi connectivity index (χ1) is 27.2. The molecule has 0 N–H and O–H groups in total. The third-order valence-electron chi connectivity index (χ3n) is 13.5. The molecule has 292 valence electrons. The Kier molecular flexibility index (Phi) is 9.31. The molecule has 0 bridgehead atoms. The Labute approximate surface area is 346 Å². The fraction of sp³-hybridized carbons (Fsp3) is 0.404. The number of rotatable bonds is 8. The molecule has 0 radical (unpaired) electrons. The molecule has 0 unspecified atom stereocenters. The van der Waals surface area contributed by atoms with Crippen LogP contribution in [0.3, 0.4) is 0 Å². The van der Waals surface area contributed by atoms with E-state index in [4.69, 9.17) is 4.98 Å². The molecule has 4 heterocycles. The van der Waals surface area contributed by atoms with Crippen LogP contribution in [-0.4, -0.2) is 11.7 Å². The van der Waals surface area contributed by atoms with Gasteiger partial charge in [-0.25, -0.2) is 4.98 Å². The zero-order chi connectivity index (χ0) is 40.0. The van der Waals surface area contributed by atoms with Gasteiger partial charge in [0.25, 0.3) is 6.71 Å². The molecule has 6 aromatic rings. The molecule has 2 aliphatic heterocycles. The molecule has 0 atom stereocenters. The van der Waals surface area contributed by atoms with Crippen molar-refractivity contribution in [1.29, 1.82) is 0 Å². The molecule has 3 nitrogen and oxygen atoms in total. The van der Waals surface area contributed by atoms with Gasteiger partial charge in [-0.15, -0.1) is 11.3 Å². The first-order valence-corrected chi connectivity index (χ1v) is 22.6. The van der Waals surface area contributed by atoms with Crippen molar-refractivity contribution >= 4 is 78.1 Å². The lowest BCUT2D eigenvalue weighted by molar-refractivity contribution is 0.332. The van der Waals surface area contributed by atoms with E-state index in [9.17, 15) is 0 Å². The summed E-state index contributed by atoms with van der Waals surface area (Å²) in [4.78, 5) is 10.7. The Morgan fingerprint density at radius 2 is 1.30 bits per heavy atom. The number of thiophene rings is 1. The van der Waals surface area contributed by atoms with Crippen molar-refractivity contribution in [3.63, 3.8) is 0 Å².